The third kappa shape index (κ3) is 4.08. The summed E-state index contributed by atoms with van der Waals surface area (Å²) in [6.45, 7) is 0.00355. The average molecular weight is 397 g/mol. The van der Waals surface area contributed by atoms with E-state index in [1.807, 2.05) is 0 Å². The van der Waals surface area contributed by atoms with E-state index < -0.39 is 17.9 Å². The number of benzene rings is 2. The number of anilines is 1. The van der Waals surface area contributed by atoms with Crippen LogP contribution in [0.3, 0.4) is 0 Å². The van der Waals surface area contributed by atoms with Gasteiger partial charge in [0.25, 0.3) is 11.8 Å². The molecule has 0 bridgehead atoms. The minimum atomic E-state index is -0.904. The highest BCUT2D eigenvalue weighted by Gasteiger charge is 2.29. The molecule has 4 rings (SSSR count). The SMILES string of the molecule is O=C(CN1C(=O)CCOc2ccccc21)NNC(=O)C1COc2ccccc2O1. The van der Waals surface area contributed by atoms with E-state index in [4.69, 9.17) is 14.2 Å². The van der Waals surface area contributed by atoms with Crippen molar-refractivity contribution in [3.8, 4) is 17.2 Å². The van der Waals surface area contributed by atoms with Crippen molar-refractivity contribution in [3.63, 3.8) is 0 Å². The van der Waals surface area contributed by atoms with E-state index in [1.165, 1.54) is 4.90 Å². The third-order valence-corrected chi connectivity index (χ3v) is 4.46. The number of hydrazine groups is 1. The minimum Gasteiger partial charge on any atom is -0.491 e. The summed E-state index contributed by atoms with van der Waals surface area (Å²) in [5.41, 5.74) is 5.14. The zero-order valence-corrected chi connectivity index (χ0v) is 15.4. The Balaban J connectivity index is 1.34. The summed E-state index contributed by atoms with van der Waals surface area (Å²) in [5, 5.41) is 0. The summed E-state index contributed by atoms with van der Waals surface area (Å²) < 4.78 is 16.6. The molecule has 2 aliphatic heterocycles. The Hall–Kier alpha value is -3.75. The Bertz CT molecular complexity index is 947. The van der Waals surface area contributed by atoms with Crippen LogP contribution < -0.4 is 30.0 Å². The molecule has 0 radical (unpaired) electrons. The fourth-order valence-corrected chi connectivity index (χ4v) is 3.04. The first-order valence-electron chi connectivity index (χ1n) is 9.11. The number of nitrogens with one attached hydrogen (secondary N) is 2. The van der Waals surface area contributed by atoms with Gasteiger partial charge < -0.3 is 14.2 Å². The van der Waals surface area contributed by atoms with Crippen LogP contribution in [-0.2, 0) is 14.4 Å². The van der Waals surface area contributed by atoms with Gasteiger partial charge >= 0.3 is 0 Å². The van der Waals surface area contributed by atoms with Crippen molar-refractivity contribution < 1.29 is 28.6 Å². The molecular weight excluding hydrogens is 378 g/mol. The molecule has 2 heterocycles. The third-order valence-electron chi connectivity index (χ3n) is 4.46. The van der Waals surface area contributed by atoms with Gasteiger partial charge in [-0.05, 0) is 24.3 Å². The summed E-state index contributed by atoms with van der Waals surface area (Å²) in [7, 11) is 0. The molecule has 2 N–H and O–H groups in total. The van der Waals surface area contributed by atoms with Gasteiger partial charge in [-0.15, -0.1) is 0 Å². The number of carbonyl (C=O) groups is 3. The van der Waals surface area contributed by atoms with Crippen LogP contribution in [0, 0.1) is 0 Å². The second kappa shape index (κ2) is 8.09. The van der Waals surface area contributed by atoms with Crippen LogP contribution >= 0.6 is 0 Å². The molecule has 0 aliphatic carbocycles. The fraction of sp³-hybridized carbons (Fsp3) is 0.250. The van der Waals surface area contributed by atoms with E-state index in [0.29, 0.717) is 22.9 Å². The Morgan fingerprint density at radius 3 is 2.52 bits per heavy atom. The van der Waals surface area contributed by atoms with Gasteiger partial charge in [0, 0.05) is 0 Å². The topological polar surface area (TPSA) is 106 Å². The van der Waals surface area contributed by atoms with Crippen LogP contribution in [0.2, 0.25) is 0 Å². The quantitative estimate of drug-likeness (QED) is 0.742. The van der Waals surface area contributed by atoms with Crippen molar-refractivity contribution in [2.24, 2.45) is 0 Å². The van der Waals surface area contributed by atoms with Gasteiger partial charge in [0.1, 0.15) is 18.9 Å². The maximum atomic E-state index is 12.4. The van der Waals surface area contributed by atoms with E-state index in [2.05, 4.69) is 10.9 Å². The molecule has 1 unspecified atom stereocenters. The molecule has 29 heavy (non-hydrogen) atoms. The van der Waals surface area contributed by atoms with Crippen LogP contribution in [0.15, 0.2) is 48.5 Å². The number of carbonyl (C=O) groups excluding carboxylic acids is 3. The minimum absolute atomic E-state index is 0.0219. The monoisotopic (exact) mass is 397 g/mol. The lowest BCUT2D eigenvalue weighted by Gasteiger charge is -2.26. The Morgan fingerprint density at radius 2 is 1.69 bits per heavy atom. The predicted molar refractivity (Wildman–Crippen MR) is 102 cm³/mol. The van der Waals surface area contributed by atoms with E-state index >= 15 is 0 Å². The zero-order valence-electron chi connectivity index (χ0n) is 15.4. The number of rotatable bonds is 3. The molecule has 9 heteroatoms. The van der Waals surface area contributed by atoms with E-state index in [0.717, 1.165) is 0 Å². The Kier molecular flexibility index (Phi) is 5.19. The molecule has 1 atom stereocenters. The van der Waals surface area contributed by atoms with E-state index in [9.17, 15) is 14.4 Å². The summed E-state index contributed by atoms with van der Waals surface area (Å²) >= 11 is 0. The summed E-state index contributed by atoms with van der Waals surface area (Å²) in [6.07, 6.45) is -0.750. The molecule has 9 nitrogen and oxygen atoms in total. The first-order valence-corrected chi connectivity index (χ1v) is 9.11. The molecule has 150 valence electrons. The predicted octanol–water partition coefficient (Wildman–Crippen LogP) is 0.790. The number of fused-ring (bicyclic) bond motifs is 2. The molecule has 0 saturated heterocycles. The summed E-state index contributed by atoms with van der Waals surface area (Å²) in [6, 6.07) is 14.0. The van der Waals surface area contributed by atoms with Crippen LogP contribution in [0.25, 0.3) is 0 Å². The van der Waals surface area contributed by atoms with Crippen molar-refractivity contribution in [2.45, 2.75) is 12.5 Å². The van der Waals surface area contributed by atoms with Crippen LogP contribution in [-0.4, -0.2) is 43.6 Å². The Labute approximate surface area is 166 Å². The van der Waals surface area contributed by atoms with Crippen LogP contribution in [0.5, 0.6) is 17.2 Å². The molecule has 0 aromatic heterocycles. The van der Waals surface area contributed by atoms with Gasteiger partial charge in [-0.1, -0.05) is 24.3 Å². The number of ether oxygens (including phenoxy) is 3. The van der Waals surface area contributed by atoms with Gasteiger partial charge in [0.2, 0.25) is 12.0 Å². The summed E-state index contributed by atoms with van der Waals surface area (Å²) in [4.78, 5) is 38.3. The highest BCUT2D eigenvalue weighted by Crippen LogP contribution is 2.31. The summed E-state index contributed by atoms with van der Waals surface area (Å²) in [5.74, 6) is 0.191. The van der Waals surface area contributed by atoms with Gasteiger partial charge in [0.15, 0.2) is 11.5 Å². The molecule has 2 aromatic rings. The zero-order chi connectivity index (χ0) is 20.2. The first-order chi connectivity index (χ1) is 14.1. The average Bonchev–Trinajstić information content (AvgIpc) is 2.90. The number of amides is 3. The van der Waals surface area contributed by atoms with Crippen molar-refractivity contribution >= 4 is 23.4 Å². The number of hydrogen-bond donors (Lipinski definition) is 2. The number of hydrogen-bond acceptors (Lipinski definition) is 6. The number of nitrogens with zero attached hydrogens (tertiary/aromatic N) is 1. The van der Waals surface area contributed by atoms with Crippen molar-refractivity contribution in [3.05, 3.63) is 48.5 Å². The highest BCUT2D eigenvalue weighted by molar-refractivity contribution is 6.00. The lowest BCUT2D eigenvalue weighted by molar-refractivity contribution is -0.134. The standard InChI is InChI=1S/C20H19N3O6/c24-18(11-23-13-5-1-2-6-14(13)27-10-9-19(23)25)21-22-20(26)17-12-28-15-7-3-4-8-16(15)29-17/h1-8,17H,9-12H2,(H,21,24)(H,22,26). The molecular formula is C20H19N3O6. The van der Waals surface area contributed by atoms with Crippen molar-refractivity contribution in [2.75, 3.05) is 24.7 Å². The normalized spacial score (nSPS) is 17.4. The van der Waals surface area contributed by atoms with E-state index in [-0.39, 0.29) is 32.1 Å². The molecule has 3 amide bonds. The molecule has 0 fully saturated rings. The van der Waals surface area contributed by atoms with Gasteiger partial charge in [-0.2, -0.15) is 0 Å². The maximum Gasteiger partial charge on any atom is 0.283 e. The van der Waals surface area contributed by atoms with Gasteiger partial charge in [-0.3, -0.25) is 30.1 Å². The van der Waals surface area contributed by atoms with Gasteiger partial charge in [0.05, 0.1) is 18.7 Å². The highest BCUT2D eigenvalue weighted by atomic mass is 16.6. The van der Waals surface area contributed by atoms with E-state index in [1.54, 1.807) is 48.5 Å². The second-order valence-corrected chi connectivity index (χ2v) is 6.45. The van der Waals surface area contributed by atoms with Crippen molar-refractivity contribution in [1.82, 2.24) is 10.9 Å². The smallest absolute Gasteiger partial charge is 0.283 e. The fourth-order valence-electron chi connectivity index (χ4n) is 3.04. The lowest BCUT2D eigenvalue weighted by Crippen LogP contribution is -2.53. The molecule has 2 aliphatic rings. The maximum absolute atomic E-state index is 12.4. The van der Waals surface area contributed by atoms with Gasteiger partial charge in [-0.25, -0.2) is 0 Å². The van der Waals surface area contributed by atoms with Crippen molar-refractivity contribution in [1.29, 1.82) is 0 Å². The Morgan fingerprint density at radius 1 is 0.966 bits per heavy atom. The number of para-hydroxylation sites is 4. The second-order valence-electron chi connectivity index (χ2n) is 6.45. The largest absolute Gasteiger partial charge is 0.491 e. The molecule has 2 aromatic carbocycles. The molecule has 0 spiro atoms. The molecule has 0 saturated carbocycles. The lowest BCUT2D eigenvalue weighted by atomic mass is 10.2. The first kappa shape index (κ1) is 18.6. The van der Waals surface area contributed by atoms with Crippen LogP contribution in [0.1, 0.15) is 6.42 Å². The van der Waals surface area contributed by atoms with Crippen LogP contribution in [0.4, 0.5) is 5.69 Å².